The molecule has 2 aliphatic heterocycles. The molecule has 5 heteroatoms. The summed E-state index contributed by atoms with van der Waals surface area (Å²) in [5.41, 5.74) is 3.70. The van der Waals surface area contributed by atoms with E-state index in [1.807, 2.05) is 17.9 Å². The predicted octanol–water partition coefficient (Wildman–Crippen LogP) is 2.43. The molecule has 4 rings (SSSR count). The zero-order chi connectivity index (χ0) is 15.7. The van der Waals surface area contributed by atoms with Gasteiger partial charge in [0.25, 0.3) is 0 Å². The van der Waals surface area contributed by atoms with Gasteiger partial charge in [0.15, 0.2) is 5.79 Å². The minimum Gasteiger partial charge on any atom is -0.346 e. The fraction of sp³-hybridized carbons (Fsp3) is 0.500. The molecule has 2 aliphatic rings. The third kappa shape index (κ3) is 3.17. The first kappa shape index (κ1) is 14.9. The van der Waals surface area contributed by atoms with Gasteiger partial charge >= 0.3 is 0 Å². The Morgan fingerprint density at radius 1 is 1.22 bits per heavy atom. The molecule has 1 aromatic heterocycles. The van der Waals surface area contributed by atoms with Gasteiger partial charge in [-0.2, -0.15) is 5.10 Å². The summed E-state index contributed by atoms with van der Waals surface area (Å²) < 4.78 is 13.6. The highest BCUT2D eigenvalue weighted by molar-refractivity contribution is 5.62. The van der Waals surface area contributed by atoms with E-state index in [2.05, 4.69) is 40.5 Å². The number of rotatable bonds is 3. The normalized spacial score (nSPS) is 21.1. The molecule has 3 heterocycles. The SMILES string of the molecule is Cn1cc(-c2cccc(CN3CCCC4(C3)OCCO4)c2)cn1. The Bertz CT molecular complexity index is 676. The molecule has 2 aromatic rings. The number of aromatic nitrogens is 2. The summed E-state index contributed by atoms with van der Waals surface area (Å²) in [6.45, 7) is 4.35. The van der Waals surface area contributed by atoms with E-state index in [-0.39, 0.29) is 5.79 Å². The average molecular weight is 313 g/mol. The smallest absolute Gasteiger partial charge is 0.181 e. The fourth-order valence-corrected chi connectivity index (χ4v) is 3.62. The molecular weight excluding hydrogens is 290 g/mol. The van der Waals surface area contributed by atoms with Crippen molar-refractivity contribution in [2.24, 2.45) is 7.05 Å². The highest BCUT2D eigenvalue weighted by atomic mass is 16.7. The maximum absolute atomic E-state index is 5.87. The minimum absolute atomic E-state index is 0.348. The summed E-state index contributed by atoms with van der Waals surface area (Å²) in [7, 11) is 1.95. The largest absolute Gasteiger partial charge is 0.346 e. The number of nitrogens with zero attached hydrogens (tertiary/aromatic N) is 3. The number of aryl methyl sites for hydroxylation is 1. The van der Waals surface area contributed by atoms with Gasteiger partial charge in [0.2, 0.25) is 0 Å². The van der Waals surface area contributed by atoms with Crippen LogP contribution in [0.2, 0.25) is 0 Å². The molecule has 0 N–H and O–H groups in total. The van der Waals surface area contributed by atoms with E-state index in [1.54, 1.807) is 0 Å². The van der Waals surface area contributed by atoms with Crippen molar-refractivity contribution in [2.45, 2.75) is 25.2 Å². The molecule has 2 fully saturated rings. The van der Waals surface area contributed by atoms with Crippen LogP contribution in [0.25, 0.3) is 11.1 Å². The van der Waals surface area contributed by atoms with E-state index in [1.165, 1.54) is 11.1 Å². The second-order valence-corrected chi connectivity index (χ2v) is 6.52. The van der Waals surface area contributed by atoms with Gasteiger partial charge in [-0.3, -0.25) is 9.58 Å². The van der Waals surface area contributed by atoms with Gasteiger partial charge in [-0.15, -0.1) is 0 Å². The van der Waals surface area contributed by atoms with Crippen LogP contribution in [0.5, 0.6) is 0 Å². The number of hydrogen-bond acceptors (Lipinski definition) is 4. The molecule has 0 radical (unpaired) electrons. The summed E-state index contributed by atoms with van der Waals surface area (Å²) in [6, 6.07) is 8.72. The molecule has 0 bridgehead atoms. The van der Waals surface area contributed by atoms with E-state index < -0.39 is 0 Å². The van der Waals surface area contributed by atoms with Crippen molar-refractivity contribution in [1.29, 1.82) is 0 Å². The Hall–Kier alpha value is -1.69. The van der Waals surface area contributed by atoms with Gasteiger partial charge in [0, 0.05) is 31.8 Å². The topological polar surface area (TPSA) is 39.5 Å². The van der Waals surface area contributed by atoms with Crippen LogP contribution >= 0.6 is 0 Å². The van der Waals surface area contributed by atoms with Crippen LogP contribution in [0.1, 0.15) is 18.4 Å². The van der Waals surface area contributed by atoms with E-state index in [0.29, 0.717) is 0 Å². The molecule has 2 saturated heterocycles. The lowest BCUT2D eigenvalue weighted by Gasteiger charge is -2.38. The Labute approximate surface area is 136 Å². The molecule has 23 heavy (non-hydrogen) atoms. The van der Waals surface area contributed by atoms with Crippen LogP contribution < -0.4 is 0 Å². The van der Waals surface area contributed by atoms with Crippen molar-refractivity contribution in [3.63, 3.8) is 0 Å². The molecule has 0 amide bonds. The molecule has 0 saturated carbocycles. The lowest BCUT2D eigenvalue weighted by Crippen LogP contribution is -2.48. The standard InChI is InChI=1S/C18H23N3O2/c1-20-13-17(11-19-20)16-5-2-4-15(10-16)12-21-7-3-6-18(14-21)22-8-9-23-18/h2,4-5,10-11,13H,3,6-9,12,14H2,1H3. The van der Waals surface area contributed by atoms with Gasteiger partial charge < -0.3 is 9.47 Å². The summed E-state index contributed by atoms with van der Waals surface area (Å²) in [6.07, 6.45) is 6.10. The maximum atomic E-state index is 5.87. The van der Waals surface area contributed by atoms with Crippen molar-refractivity contribution >= 4 is 0 Å². The van der Waals surface area contributed by atoms with Crippen molar-refractivity contribution in [2.75, 3.05) is 26.3 Å². The number of benzene rings is 1. The Kier molecular flexibility index (Phi) is 3.93. The Morgan fingerprint density at radius 2 is 2.09 bits per heavy atom. The number of hydrogen-bond donors (Lipinski definition) is 0. The monoisotopic (exact) mass is 313 g/mol. The van der Waals surface area contributed by atoms with Gasteiger partial charge in [-0.25, -0.2) is 0 Å². The lowest BCUT2D eigenvalue weighted by molar-refractivity contribution is -0.190. The third-order valence-electron chi connectivity index (χ3n) is 4.68. The molecule has 1 spiro atoms. The zero-order valence-electron chi connectivity index (χ0n) is 13.6. The van der Waals surface area contributed by atoms with Crippen LogP contribution in [0.15, 0.2) is 36.7 Å². The summed E-state index contributed by atoms with van der Waals surface area (Å²) >= 11 is 0. The van der Waals surface area contributed by atoms with Gasteiger partial charge in [-0.05, 0) is 30.2 Å². The van der Waals surface area contributed by atoms with Gasteiger partial charge in [0.1, 0.15) is 0 Å². The van der Waals surface area contributed by atoms with Crippen LogP contribution in [-0.2, 0) is 23.1 Å². The van der Waals surface area contributed by atoms with Crippen LogP contribution in [0.4, 0.5) is 0 Å². The predicted molar refractivity (Wildman–Crippen MR) is 87.8 cm³/mol. The van der Waals surface area contributed by atoms with E-state index in [9.17, 15) is 0 Å². The average Bonchev–Trinajstić information content (AvgIpc) is 3.17. The Morgan fingerprint density at radius 3 is 2.87 bits per heavy atom. The van der Waals surface area contributed by atoms with Crippen LogP contribution in [0.3, 0.4) is 0 Å². The van der Waals surface area contributed by atoms with Crippen LogP contribution in [-0.4, -0.2) is 46.8 Å². The van der Waals surface area contributed by atoms with Crippen molar-refractivity contribution in [3.05, 3.63) is 42.2 Å². The molecule has 5 nitrogen and oxygen atoms in total. The first-order chi connectivity index (χ1) is 11.2. The molecule has 0 aliphatic carbocycles. The summed E-state index contributed by atoms with van der Waals surface area (Å²) in [5.74, 6) is -0.348. The first-order valence-electron chi connectivity index (χ1n) is 8.31. The highest BCUT2D eigenvalue weighted by Gasteiger charge is 2.40. The number of likely N-dealkylation sites (tertiary alicyclic amines) is 1. The van der Waals surface area contributed by atoms with Crippen molar-refractivity contribution < 1.29 is 9.47 Å². The highest BCUT2D eigenvalue weighted by Crippen LogP contribution is 2.31. The first-order valence-corrected chi connectivity index (χ1v) is 8.31. The van der Waals surface area contributed by atoms with Gasteiger partial charge in [0.05, 0.1) is 26.0 Å². The van der Waals surface area contributed by atoms with E-state index in [4.69, 9.17) is 9.47 Å². The second-order valence-electron chi connectivity index (χ2n) is 6.52. The molecule has 0 atom stereocenters. The Balaban J connectivity index is 1.48. The molecule has 0 unspecified atom stereocenters. The maximum Gasteiger partial charge on any atom is 0.181 e. The fourth-order valence-electron chi connectivity index (χ4n) is 3.62. The molecule has 1 aromatic carbocycles. The third-order valence-corrected chi connectivity index (χ3v) is 4.68. The zero-order valence-corrected chi connectivity index (χ0v) is 13.6. The number of ether oxygens (including phenoxy) is 2. The lowest BCUT2D eigenvalue weighted by atomic mass is 10.0. The minimum atomic E-state index is -0.348. The van der Waals surface area contributed by atoms with Crippen molar-refractivity contribution in [1.82, 2.24) is 14.7 Å². The van der Waals surface area contributed by atoms with Gasteiger partial charge in [-0.1, -0.05) is 18.2 Å². The number of piperidine rings is 1. The van der Waals surface area contributed by atoms with Crippen LogP contribution in [0, 0.1) is 0 Å². The quantitative estimate of drug-likeness (QED) is 0.872. The summed E-state index contributed by atoms with van der Waals surface area (Å²) in [4.78, 5) is 2.44. The van der Waals surface area contributed by atoms with E-state index >= 15 is 0 Å². The second kappa shape index (κ2) is 6.07. The molecular formula is C18H23N3O2. The van der Waals surface area contributed by atoms with E-state index in [0.717, 1.165) is 51.3 Å². The van der Waals surface area contributed by atoms with Crippen molar-refractivity contribution in [3.8, 4) is 11.1 Å². The summed E-state index contributed by atoms with van der Waals surface area (Å²) in [5, 5.41) is 4.26. The molecule has 122 valence electrons.